The van der Waals surface area contributed by atoms with E-state index in [-0.39, 0.29) is 0 Å². The van der Waals surface area contributed by atoms with E-state index >= 15 is 0 Å². The minimum atomic E-state index is 0.610. The van der Waals surface area contributed by atoms with E-state index in [0.717, 1.165) is 73.0 Å². The van der Waals surface area contributed by atoms with E-state index in [0.29, 0.717) is 17.5 Å². The van der Waals surface area contributed by atoms with Gasteiger partial charge in [-0.25, -0.2) is 15.0 Å². The van der Waals surface area contributed by atoms with Gasteiger partial charge in [-0.1, -0.05) is 88.7 Å². The number of hydrogen-bond donors (Lipinski definition) is 0. The molecule has 1 aliphatic carbocycles. The molecule has 0 bridgehead atoms. The maximum Gasteiger partial charge on any atom is 0.164 e. The lowest BCUT2D eigenvalue weighted by molar-refractivity contribution is 0.595. The van der Waals surface area contributed by atoms with Crippen molar-refractivity contribution in [3.8, 4) is 56.4 Å². The molecule has 210 valence electrons. The van der Waals surface area contributed by atoms with Crippen LogP contribution in [0.4, 0.5) is 0 Å². The number of furan rings is 1. The predicted molar refractivity (Wildman–Crippen MR) is 180 cm³/mol. The van der Waals surface area contributed by atoms with Gasteiger partial charge in [0.1, 0.15) is 11.3 Å². The Hall–Kier alpha value is -5.20. The number of aromatic nitrogens is 4. The first-order valence-electron chi connectivity index (χ1n) is 14.5. The predicted octanol–water partition coefficient (Wildman–Crippen LogP) is 10.1. The third-order valence-electron chi connectivity index (χ3n) is 7.97. The zero-order valence-corrected chi connectivity index (χ0v) is 25.2. The van der Waals surface area contributed by atoms with Crippen molar-refractivity contribution in [3.05, 3.63) is 137 Å². The lowest BCUT2D eigenvalue weighted by Gasteiger charge is -2.12. The number of pyridine rings is 1. The van der Waals surface area contributed by atoms with Crippen LogP contribution < -0.4 is 0 Å². The molecular weight excluding hydrogens is 608 g/mol. The van der Waals surface area contributed by atoms with Crippen molar-refractivity contribution in [1.82, 2.24) is 19.9 Å². The van der Waals surface area contributed by atoms with Crippen LogP contribution in [0.25, 0.3) is 73.5 Å². The van der Waals surface area contributed by atoms with E-state index in [4.69, 9.17) is 19.4 Å². The molecule has 5 nitrogen and oxygen atoms in total. The molecule has 0 aliphatic heterocycles. The zero-order valence-electron chi connectivity index (χ0n) is 23.6. The molecule has 6 heteroatoms. The Balaban J connectivity index is 1.27. The summed E-state index contributed by atoms with van der Waals surface area (Å²) in [5.74, 6) is 2.78. The summed E-state index contributed by atoms with van der Waals surface area (Å²) < 4.78 is 7.18. The number of aryl methyl sites for hydroxylation is 1. The molecule has 0 fully saturated rings. The van der Waals surface area contributed by atoms with E-state index in [9.17, 15) is 0 Å². The molecule has 0 saturated carbocycles. The van der Waals surface area contributed by atoms with Gasteiger partial charge in [-0.2, -0.15) is 0 Å². The fraction of sp³-hybridized carbons (Fsp3) is 0.0526. The molecule has 0 N–H and O–H groups in total. The summed E-state index contributed by atoms with van der Waals surface area (Å²) in [6.45, 7) is 0. The average molecular weight is 634 g/mol. The second-order valence-electron chi connectivity index (χ2n) is 10.8. The minimum absolute atomic E-state index is 0.610. The Kier molecular flexibility index (Phi) is 6.69. The molecule has 7 aromatic rings. The summed E-state index contributed by atoms with van der Waals surface area (Å²) >= 11 is 3.76. The first-order chi connectivity index (χ1) is 21.7. The topological polar surface area (TPSA) is 64.7 Å². The smallest absolute Gasteiger partial charge is 0.164 e. The van der Waals surface area contributed by atoms with E-state index in [1.54, 1.807) is 0 Å². The van der Waals surface area contributed by atoms with Gasteiger partial charge >= 0.3 is 0 Å². The van der Waals surface area contributed by atoms with Gasteiger partial charge in [-0.3, -0.25) is 4.98 Å². The molecule has 8 rings (SSSR count). The van der Waals surface area contributed by atoms with Crippen molar-refractivity contribution < 1.29 is 4.42 Å². The van der Waals surface area contributed by atoms with Gasteiger partial charge in [0.25, 0.3) is 0 Å². The number of allylic oxidation sites excluding steroid dienone is 1. The standard InChI is InChI=1S/C38H25BrN4O/c39-30-22-28(25-15-13-24(14-16-25)26-17-19-40-20-18-26)21-29(23-30)37-41-36(27-7-2-1-3-8-27)42-38(43-37)32-10-6-12-34-35(32)31-9-4-5-11-33(31)44-34/h1-3,5-8,10-23H,4,9H2. The fourth-order valence-corrected chi connectivity index (χ4v) is 6.34. The average Bonchev–Trinajstić information content (AvgIpc) is 3.48. The molecule has 0 unspecified atom stereocenters. The van der Waals surface area contributed by atoms with Gasteiger partial charge in [-0.05, 0) is 77.6 Å². The highest BCUT2D eigenvalue weighted by Crippen LogP contribution is 2.38. The van der Waals surface area contributed by atoms with E-state index in [1.807, 2.05) is 67.0 Å². The Morgan fingerprint density at radius 2 is 1.27 bits per heavy atom. The molecule has 0 amide bonds. The van der Waals surface area contributed by atoms with E-state index in [1.165, 1.54) is 5.56 Å². The van der Waals surface area contributed by atoms with Crippen LogP contribution in [0, 0.1) is 0 Å². The van der Waals surface area contributed by atoms with Crippen LogP contribution in [0.2, 0.25) is 0 Å². The zero-order chi connectivity index (χ0) is 29.5. The van der Waals surface area contributed by atoms with Crippen LogP contribution in [0.5, 0.6) is 0 Å². The first-order valence-corrected chi connectivity index (χ1v) is 15.3. The van der Waals surface area contributed by atoms with E-state index < -0.39 is 0 Å². The molecule has 44 heavy (non-hydrogen) atoms. The van der Waals surface area contributed by atoms with Crippen LogP contribution in [-0.2, 0) is 6.42 Å². The fourth-order valence-electron chi connectivity index (χ4n) is 5.84. The summed E-state index contributed by atoms with van der Waals surface area (Å²) in [5, 5.41) is 1.08. The lowest BCUT2D eigenvalue weighted by Crippen LogP contribution is -2.01. The number of hydrogen-bond acceptors (Lipinski definition) is 5. The van der Waals surface area contributed by atoms with Crippen LogP contribution in [0.3, 0.4) is 0 Å². The van der Waals surface area contributed by atoms with Gasteiger partial charge in [0.15, 0.2) is 17.5 Å². The molecule has 0 saturated heterocycles. The van der Waals surface area contributed by atoms with E-state index in [2.05, 4.69) is 81.6 Å². The Bertz CT molecular complexity index is 2170. The minimum Gasteiger partial charge on any atom is -0.456 e. The van der Waals surface area contributed by atoms with Gasteiger partial charge in [-0.15, -0.1) is 0 Å². The summed E-state index contributed by atoms with van der Waals surface area (Å²) in [7, 11) is 0. The maximum atomic E-state index is 6.23. The number of fused-ring (bicyclic) bond motifs is 3. The van der Waals surface area contributed by atoms with Crippen molar-refractivity contribution >= 4 is 33.0 Å². The molecule has 4 aromatic carbocycles. The van der Waals surface area contributed by atoms with Crippen LogP contribution in [-0.4, -0.2) is 19.9 Å². The summed E-state index contributed by atoms with van der Waals surface area (Å²) in [5.41, 5.74) is 9.29. The van der Waals surface area contributed by atoms with Gasteiger partial charge in [0, 0.05) is 44.5 Å². The van der Waals surface area contributed by atoms with Crippen LogP contribution >= 0.6 is 15.9 Å². The first kappa shape index (κ1) is 26.4. The highest BCUT2D eigenvalue weighted by Gasteiger charge is 2.21. The number of nitrogens with zero attached hydrogens (tertiary/aromatic N) is 4. The second-order valence-corrected chi connectivity index (χ2v) is 11.7. The van der Waals surface area contributed by atoms with Gasteiger partial charge in [0.2, 0.25) is 0 Å². The number of halogens is 1. The molecule has 0 spiro atoms. The largest absolute Gasteiger partial charge is 0.456 e. The molecule has 3 aromatic heterocycles. The second kappa shape index (κ2) is 11.1. The van der Waals surface area contributed by atoms with Crippen molar-refractivity contribution in [2.45, 2.75) is 12.8 Å². The van der Waals surface area contributed by atoms with Crippen molar-refractivity contribution in [1.29, 1.82) is 0 Å². The third kappa shape index (κ3) is 4.93. The van der Waals surface area contributed by atoms with Gasteiger partial charge in [0.05, 0.1) is 0 Å². The van der Waals surface area contributed by atoms with Crippen LogP contribution in [0.15, 0.2) is 130 Å². The third-order valence-corrected chi connectivity index (χ3v) is 8.43. The molecule has 1 aliphatic rings. The van der Waals surface area contributed by atoms with Crippen molar-refractivity contribution in [2.24, 2.45) is 0 Å². The summed E-state index contributed by atoms with van der Waals surface area (Å²) in [6, 6.07) is 35.1. The van der Waals surface area contributed by atoms with Crippen molar-refractivity contribution in [2.75, 3.05) is 0 Å². The Labute approximate surface area is 263 Å². The highest BCUT2D eigenvalue weighted by atomic mass is 79.9. The lowest BCUT2D eigenvalue weighted by atomic mass is 9.97. The SMILES string of the molecule is Brc1cc(-c2ccc(-c3ccncc3)cc2)cc(-c2nc(-c3ccccc3)nc(-c3cccc4oc5c(c34)CCC=C5)n2)c1. The molecular formula is C38H25BrN4O. The molecule has 3 heterocycles. The Morgan fingerprint density at radius 3 is 2.07 bits per heavy atom. The quantitative estimate of drug-likeness (QED) is 0.189. The van der Waals surface area contributed by atoms with Crippen molar-refractivity contribution in [3.63, 3.8) is 0 Å². The summed E-state index contributed by atoms with van der Waals surface area (Å²) in [4.78, 5) is 19.3. The molecule has 0 radical (unpaired) electrons. The maximum absolute atomic E-state index is 6.23. The van der Waals surface area contributed by atoms with Gasteiger partial charge < -0.3 is 4.42 Å². The normalized spacial score (nSPS) is 12.4. The molecule has 0 atom stereocenters. The number of benzene rings is 4. The number of rotatable bonds is 5. The Morgan fingerprint density at radius 1 is 0.591 bits per heavy atom. The van der Waals surface area contributed by atoms with Crippen LogP contribution in [0.1, 0.15) is 17.7 Å². The highest BCUT2D eigenvalue weighted by molar-refractivity contribution is 9.10. The monoisotopic (exact) mass is 632 g/mol. The summed E-state index contributed by atoms with van der Waals surface area (Å²) in [6.07, 6.45) is 9.77.